The molecule has 5 heteroatoms. The van der Waals surface area contributed by atoms with Gasteiger partial charge in [-0.05, 0) is 49.5 Å². The molecule has 1 aromatic heterocycles. The smallest absolute Gasteiger partial charge is 0.191 e. The molecule has 1 heterocycles. The zero-order valence-electron chi connectivity index (χ0n) is 14.1. The van der Waals surface area contributed by atoms with E-state index >= 15 is 0 Å². The minimum Gasteiger partial charge on any atom is -0.396 e. The average Bonchev–Trinajstić information content (AvgIpc) is 2.97. The van der Waals surface area contributed by atoms with Crippen molar-refractivity contribution in [3.05, 3.63) is 22.4 Å². The Balaban J connectivity index is 2.44. The van der Waals surface area contributed by atoms with Crippen LogP contribution in [0, 0.1) is 11.8 Å². The van der Waals surface area contributed by atoms with E-state index in [9.17, 15) is 5.11 Å². The number of hydrogen-bond acceptors (Lipinski definition) is 3. The molecule has 1 atom stereocenters. The summed E-state index contributed by atoms with van der Waals surface area (Å²) in [6, 6.07) is 4.25. The number of hydrogen-bond donors (Lipinski definition) is 3. The van der Waals surface area contributed by atoms with Crippen molar-refractivity contribution >= 4 is 17.3 Å². The molecular weight excluding hydrogens is 294 g/mol. The summed E-state index contributed by atoms with van der Waals surface area (Å²) in [4.78, 5) is 6.08. The minimum atomic E-state index is 0.245. The molecule has 4 nitrogen and oxygen atoms in total. The zero-order valence-corrected chi connectivity index (χ0v) is 15.0. The van der Waals surface area contributed by atoms with Gasteiger partial charge in [-0.15, -0.1) is 11.3 Å². The lowest BCUT2D eigenvalue weighted by Crippen LogP contribution is -2.38. The van der Waals surface area contributed by atoms with Gasteiger partial charge in [-0.2, -0.15) is 0 Å². The first-order valence-corrected chi connectivity index (χ1v) is 9.19. The van der Waals surface area contributed by atoms with Crippen LogP contribution in [0.4, 0.5) is 0 Å². The van der Waals surface area contributed by atoms with E-state index in [-0.39, 0.29) is 6.61 Å². The van der Waals surface area contributed by atoms with E-state index in [1.54, 1.807) is 11.3 Å². The number of nitrogens with one attached hydrogen (secondary N) is 2. The SMILES string of the molecule is CCNC(=NCC(CCO)CC(C)C)NCCc1cccs1. The average molecular weight is 326 g/mol. The predicted octanol–water partition coefficient (Wildman–Crippen LogP) is 2.89. The second-order valence-corrected chi connectivity index (χ2v) is 7.02. The lowest BCUT2D eigenvalue weighted by Gasteiger charge is -2.17. The highest BCUT2D eigenvalue weighted by Crippen LogP contribution is 2.15. The van der Waals surface area contributed by atoms with Crippen molar-refractivity contribution in [3.63, 3.8) is 0 Å². The second-order valence-electron chi connectivity index (χ2n) is 5.98. The van der Waals surface area contributed by atoms with Gasteiger partial charge in [0.05, 0.1) is 0 Å². The van der Waals surface area contributed by atoms with Gasteiger partial charge in [-0.3, -0.25) is 4.99 Å². The Labute approximate surface area is 139 Å². The van der Waals surface area contributed by atoms with E-state index in [1.807, 2.05) is 0 Å². The Hall–Kier alpha value is -1.07. The van der Waals surface area contributed by atoms with Gasteiger partial charge in [0.25, 0.3) is 0 Å². The maximum atomic E-state index is 9.19. The molecule has 0 spiro atoms. The van der Waals surface area contributed by atoms with Crippen LogP contribution in [-0.4, -0.2) is 37.3 Å². The summed E-state index contributed by atoms with van der Waals surface area (Å²) < 4.78 is 0. The van der Waals surface area contributed by atoms with E-state index < -0.39 is 0 Å². The third kappa shape index (κ3) is 8.39. The van der Waals surface area contributed by atoms with Crippen LogP contribution in [0.1, 0.15) is 38.5 Å². The summed E-state index contributed by atoms with van der Waals surface area (Å²) in [5, 5.41) is 18.0. The number of aliphatic imine (C=N–C) groups is 1. The van der Waals surface area contributed by atoms with Crippen molar-refractivity contribution in [3.8, 4) is 0 Å². The largest absolute Gasteiger partial charge is 0.396 e. The van der Waals surface area contributed by atoms with Crippen LogP contribution < -0.4 is 10.6 Å². The van der Waals surface area contributed by atoms with E-state index in [0.717, 1.165) is 44.9 Å². The van der Waals surface area contributed by atoms with E-state index in [1.165, 1.54) is 4.88 Å². The van der Waals surface area contributed by atoms with Crippen LogP contribution in [0.15, 0.2) is 22.5 Å². The molecule has 0 aliphatic rings. The van der Waals surface area contributed by atoms with Crippen LogP contribution >= 0.6 is 11.3 Å². The predicted molar refractivity (Wildman–Crippen MR) is 96.7 cm³/mol. The zero-order chi connectivity index (χ0) is 16.2. The summed E-state index contributed by atoms with van der Waals surface area (Å²) in [5.74, 6) is 1.98. The molecule has 0 aliphatic heterocycles. The maximum absolute atomic E-state index is 9.19. The maximum Gasteiger partial charge on any atom is 0.191 e. The van der Waals surface area contributed by atoms with Crippen LogP contribution in [0.3, 0.4) is 0 Å². The van der Waals surface area contributed by atoms with Crippen molar-refractivity contribution in [1.29, 1.82) is 0 Å². The Kier molecular flexibility index (Phi) is 9.91. The molecule has 0 bridgehead atoms. The fraction of sp³-hybridized carbons (Fsp3) is 0.706. The standard InChI is InChI=1S/C17H31N3OS/c1-4-18-17(19-9-7-16-6-5-11-22-16)20-13-15(8-10-21)12-14(2)3/h5-6,11,14-15,21H,4,7-10,12-13H2,1-3H3,(H2,18,19,20). The van der Waals surface area contributed by atoms with Crippen LogP contribution in [-0.2, 0) is 6.42 Å². The number of aliphatic hydroxyl groups excluding tert-OH is 1. The monoisotopic (exact) mass is 325 g/mol. The Morgan fingerprint density at radius 2 is 2.18 bits per heavy atom. The first-order chi connectivity index (χ1) is 10.7. The van der Waals surface area contributed by atoms with Crippen molar-refractivity contribution < 1.29 is 5.11 Å². The van der Waals surface area contributed by atoms with Gasteiger partial charge >= 0.3 is 0 Å². The molecule has 1 rings (SSSR count). The van der Waals surface area contributed by atoms with Gasteiger partial charge in [-0.25, -0.2) is 0 Å². The quantitative estimate of drug-likeness (QED) is 0.458. The third-order valence-corrected chi connectivity index (χ3v) is 4.37. The lowest BCUT2D eigenvalue weighted by molar-refractivity contribution is 0.245. The number of nitrogens with zero attached hydrogens (tertiary/aromatic N) is 1. The van der Waals surface area contributed by atoms with Gasteiger partial charge in [0.2, 0.25) is 0 Å². The van der Waals surface area contributed by atoms with Crippen LogP contribution in [0.25, 0.3) is 0 Å². The van der Waals surface area contributed by atoms with Gasteiger partial charge in [0.1, 0.15) is 0 Å². The van der Waals surface area contributed by atoms with Crippen molar-refractivity contribution in [2.45, 2.75) is 40.0 Å². The van der Waals surface area contributed by atoms with Gasteiger partial charge < -0.3 is 15.7 Å². The summed E-state index contributed by atoms with van der Waals surface area (Å²) in [6.07, 6.45) is 2.96. The summed E-state index contributed by atoms with van der Waals surface area (Å²) in [5.41, 5.74) is 0. The number of thiophene rings is 1. The molecule has 0 saturated carbocycles. The number of aliphatic hydroxyl groups is 1. The second kappa shape index (κ2) is 11.5. The molecular formula is C17H31N3OS. The molecule has 0 aromatic carbocycles. The van der Waals surface area contributed by atoms with Crippen molar-refractivity contribution in [1.82, 2.24) is 10.6 Å². The molecule has 22 heavy (non-hydrogen) atoms. The highest BCUT2D eigenvalue weighted by Gasteiger charge is 2.10. The Morgan fingerprint density at radius 3 is 2.77 bits per heavy atom. The summed E-state index contributed by atoms with van der Waals surface area (Å²) in [6.45, 7) is 9.29. The normalized spacial score (nSPS) is 13.4. The fourth-order valence-corrected chi connectivity index (χ4v) is 3.16. The van der Waals surface area contributed by atoms with E-state index in [0.29, 0.717) is 11.8 Å². The highest BCUT2D eigenvalue weighted by atomic mass is 32.1. The van der Waals surface area contributed by atoms with Crippen molar-refractivity contribution in [2.75, 3.05) is 26.2 Å². The molecule has 1 unspecified atom stereocenters. The fourth-order valence-electron chi connectivity index (χ4n) is 2.45. The summed E-state index contributed by atoms with van der Waals surface area (Å²) >= 11 is 1.79. The van der Waals surface area contributed by atoms with Crippen LogP contribution in [0.5, 0.6) is 0 Å². The minimum absolute atomic E-state index is 0.245. The molecule has 0 radical (unpaired) electrons. The number of rotatable bonds is 10. The first kappa shape index (κ1) is 19.0. The van der Waals surface area contributed by atoms with Gasteiger partial charge in [0.15, 0.2) is 5.96 Å². The Morgan fingerprint density at radius 1 is 1.36 bits per heavy atom. The van der Waals surface area contributed by atoms with Crippen molar-refractivity contribution in [2.24, 2.45) is 16.8 Å². The van der Waals surface area contributed by atoms with Gasteiger partial charge in [0, 0.05) is 31.1 Å². The van der Waals surface area contributed by atoms with E-state index in [2.05, 4.69) is 48.9 Å². The molecule has 0 aliphatic carbocycles. The number of guanidine groups is 1. The van der Waals surface area contributed by atoms with Crippen LogP contribution in [0.2, 0.25) is 0 Å². The van der Waals surface area contributed by atoms with Gasteiger partial charge in [-0.1, -0.05) is 19.9 Å². The first-order valence-electron chi connectivity index (χ1n) is 8.31. The molecule has 3 N–H and O–H groups in total. The van der Waals surface area contributed by atoms with E-state index in [4.69, 9.17) is 4.99 Å². The topological polar surface area (TPSA) is 56.7 Å². The molecule has 126 valence electrons. The molecule has 0 fully saturated rings. The Bertz CT molecular complexity index is 404. The highest BCUT2D eigenvalue weighted by molar-refractivity contribution is 7.09. The molecule has 0 saturated heterocycles. The third-order valence-electron chi connectivity index (χ3n) is 3.44. The molecule has 0 amide bonds. The summed E-state index contributed by atoms with van der Waals surface area (Å²) in [7, 11) is 0. The lowest BCUT2D eigenvalue weighted by atomic mass is 9.94. The molecule has 1 aromatic rings.